The number of imidazole rings is 1. The van der Waals surface area contributed by atoms with Crippen molar-refractivity contribution in [3.63, 3.8) is 0 Å². The Labute approximate surface area is 110 Å². The summed E-state index contributed by atoms with van der Waals surface area (Å²) in [7, 11) is 0. The smallest absolute Gasteiger partial charge is 0.243 e. The van der Waals surface area contributed by atoms with Crippen LogP contribution in [0.5, 0.6) is 0 Å². The molecule has 6 nitrogen and oxygen atoms in total. The van der Waals surface area contributed by atoms with Crippen molar-refractivity contribution in [3.8, 4) is 0 Å². The first-order valence-electron chi connectivity index (χ1n) is 6.37. The molecular weight excluding hydrogens is 240 g/mol. The SMILES string of the molecule is Cc1cccc2nc(NCCCc3ncc[nH]3)nn12. The highest BCUT2D eigenvalue weighted by atomic mass is 15.3. The fourth-order valence-corrected chi connectivity index (χ4v) is 2.00. The Balaban J connectivity index is 1.58. The van der Waals surface area contributed by atoms with Crippen molar-refractivity contribution in [1.29, 1.82) is 0 Å². The third-order valence-electron chi connectivity index (χ3n) is 2.98. The summed E-state index contributed by atoms with van der Waals surface area (Å²) in [6.07, 6.45) is 5.53. The van der Waals surface area contributed by atoms with Crippen LogP contribution in [0, 0.1) is 6.92 Å². The lowest BCUT2D eigenvalue weighted by Crippen LogP contribution is -2.05. The van der Waals surface area contributed by atoms with Crippen LogP contribution in [0.4, 0.5) is 5.95 Å². The lowest BCUT2D eigenvalue weighted by Gasteiger charge is -1.99. The minimum atomic E-state index is 0.675. The average molecular weight is 256 g/mol. The molecule has 3 aromatic heterocycles. The second-order valence-corrected chi connectivity index (χ2v) is 4.44. The van der Waals surface area contributed by atoms with E-state index in [1.54, 1.807) is 6.20 Å². The molecule has 0 spiro atoms. The minimum Gasteiger partial charge on any atom is -0.353 e. The summed E-state index contributed by atoms with van der Waals surface area (Å²) >= 11 is 0. The molecule has 0 saturated heterocycles. The number of H-pyrrole nitrogens is 1. The Kier molecular flexibility index (Phi) is 3.14. The van der Waals surface area contributed by atoms with E-state index in [1.165, 1.54) is 0 Å². The summed E-state index contributed by atoms with van der Waals surface area (Å²) < 4.78 is 1.84. The van der Waals surface area contributed by atoms with Crippen LogP contribution in [0.1, 0.15) is 17.9 Å². The van der Waals surface area contributed by atoms with Gasteiger partial charge in [0.25, 0.3) is 0 Å². The zero-order chi connectivity index (χ0) is 13.1. The largest absolute Gasteiger partial charge is 0.353 e. The van der Waals surface area contributed by atoms with Gasteiger partial charge >= 0.3 is 0 Å². The molecule has 0 aliphatic rings. The van der Waals surface area contributed by atoms with E-state index in [0.29, 0.717) is 5.95 Å². The van der Waals surface area contributed by atoms with Crippen molar-refractivity contribution in [2.24, 2.45) is 0 Å². The van der Waals surface area contributed by atoms with E-state index in [0.717, 1.165) is 36.6 Å². The third-order valence-corrected chi connectivity index (χ3v) is 2.98. The fourth-order valence-electron chi connectivity index (χ4n) is 2.00. The summed E-state index contributed by atoms with van der Waals surface area (Å²) in [4.78, 5) is 11.7. The number of pyridine rings is 1. The van der Waals surface area contributed by atoms with E-state index in [9.17, 15) is 0 Å². The van der Waals surface area contributed by atoms with Gasteiger partial charge in [-0.3, -0.25) is 0 Å². The molecule has 3 aromatic rings. The molecule has 3 heterocycles. The van der Waals surface area contributed by atoms with Crippen LogP contribution in [0.2, 0.25) is 0 Å². The van der Waals surface area contributed by atoms with E-state index < -0.39 is 0 Å². The second-order valence-electron chi connectivity index (χ2n) is 4.44. The Morgan fingerprint density at radius 1 is 1.37 bits per heavy atom. The zero-order valence-electron chi connectivity index (χ0n) is 10.8. The number of hydrogen-bond donors (Lipinski definition) is 2. The van der Waals surface area contributed by atoms with E-state index in [2.05, 4.69) is 25.4 Å². The lowest BCUT2D eigenvalue weighted by molar-refractivity contribution is 0.808. The number of aromatic amines is 1. The van der Waals surface area contributed by atoms with Crippen LogP contribution in [0.25, 0.3) is 5.65 Å². The molecule has 0 aliphatic carbocycles. The Hall–Kier alpha value is -2.37. The van der Waals surface area contributed by atoms with Gasteiger partial charge in [0.05, 0.1) is 0 Å². The van der Waals surface area contributed by atoms with Crippen LogP contribution in [0.15, 0.2) is 30.6 Å². The summed E-state index contributed by atoms with van der Waals surface area (Å²) in [5.41, 5.74) is 1.95. The maximum Gasteiger partial charge on any atom is 0.243 e. The van der Waals surface area contributed by atoms with Gasteiger partial charge in [0.1, 0.15) is 5.82 Å². The number of anilines is 1. The predicted molar refractivity (Wildman–Crippen MR) is 73.1 cm³/mol. The quantitative estimate of drug-likeness (QED) is 0.683. The maximum atomic E-state index is 4.43. The number of nitrogens with one attached hydrogen (secondary N) is 2. The average Bonchev–Trinajstić information content (AvgIpc) is 3.04. The summed E-state index contributed by atoms with van der Waals surface area (Å²) in [5.74, 6) is 1.69. The Bertz CT molecular complexity index is 655. The zero-order valence-corrected chi connectivity index (χ0v) is 10.8. The van der Waals surface area contributed by atoms with E-state index >= 15 is 0 Å². The van der Waals surface area contributed by atoms with Crippen LogP contribution < -0.4 is 5.32 Å². The second kappa shape index (κ2) is 5.09. The van der Waals surface area contributed by atoms with Gasteiger partial charge in [-0.15, -0.1) is 5.10 Å². The van der Waals surface area contributed by atoms with Gasteiger partial charge in [0.15, 0.2) is 5.65 Å². The standard InChI is InChI=1S/C13H16N6/c1-10-4-2-6-12-17-13(18-19(10)12)16-7-3-5-11-14-8-9-15-11/h2,4,6,8-9H,3,5,7H2,1H3,(H,14,15)(H,16,18). The fraction of sp³-hybridized carbons (Fsp3) is 0.308. The van der Waals surface area contributed by atoms with Gasteiger partial charge in [0, 0.05) is 31.1 Å². The van der Waals surface area contributed by atoms with Crippen molar-refractivity contribution in [3.05, 3.63) is 42.1 Å². The first-order chi connectivity index (χ1) is 9.33. The number of nitrogens with zero attached hydrogens (tertiary/aromatic N) is 4. The van der Waals surface area contributed by atoms with E-state index in [1.807, 2.05) is 35.8 Å². The van der Waals surface area contributed by atoms with Crippen LogP contribution in [-0.2, 0) is 6.42 Å². The molecule has 3 rings (SSSR count). The first kappa shape index (κ1) is 11.7. The molecule has 98 valence electrons. The molecule has 2 N–H and O–H groups in total. The van der Waals surface area contributed by atoms with Gasteiger partial charge in [-0.25, -0.2) is 9.50 Å². The van der Waals surface area contributed by atoms with Crippen LogP contribution in [-0.4, -0.2) is 31.1 Å². The van der Waals surface area contributed by atoms with Crippen LogP contribution in [0.3, 0.4) is 0 Å². The summed E-state index contributed by atoms with van der Waals surface area (Å²) in [6, 6.07) is 5.95. The summed E-state index contributed by atoms with van der Waals surface area (Å²) in [6.45, 7) is 2.85. The maximum absolute atomic E-state index is 4.43. The molecular formula is C13H16N6. The monoisotopic (exact) mass is 256 g/mol. The third kappa shape index (κ3) is 2.57. The molecule has 0 bridgehead atoms. The molecule has 0 amide bonds. The predicted octanol–water partition coefficient (Wildman–Crippen LogP) is 1.81. The van der Waals surface area contributed by atoms with Gasteiger partial charge in [-0.05, 0) is 25.5 Å². The molecule has 0 atom stereocenters. The Morgan fingerprint density at radius 3 is 3.11 bits per heavy atom. The molecule has 0 unspecified atom stereocenters. The van der Waals surface area contributed by atoms with Gasteiger partial charge in [-0.2, -0.15) is 4.98 Å². The number of aryl methyl sites for hydroxylation is 2. The van der Waals surface area contributed by atoms with Crippen molar-refractivity contribution in [1.82, 2.24) is 24.6 Å². The van der Waals surface area contributed by atoms with Gasteiger partial charge < -0.3 is 10.3 Å². The van der Waals surface area contributed by atoms with E-state index in [-0.39, 0.29) is 0 Å². The topological polar surface area (TPSA) is 70.9 Å². The molecule has 0 fully saturated rings. The number of hydrogen-bond acceptors (Lipinski definition) is 4. The van der Waals surface area contributed by atoms with Gasteiger partial charge in [0.2, 0.25) is 5.95 Å². The van der Waals surface area contributed by atoms with E-state index in [4.69, 9.17) is 0 Å². The van der Waals surface area contributed by atoms with Crippen LogP contribution >= 0.6 is 0 Å². The highest BCUT2D eigenvalue weighted by Crippen LogP contribution is 2.08. The minimum absolute atomic E-state index is 0.675. The molecule has 0 saturated carbocycles. The van der Waals surface area contributed by atoms with Crippen molar-refractivity contribution >= 4 is 11.6 Å². The van der Waals surface area contributed by atoms with Crippen molar-refractivity contribution in [2.45, 2.75) is 19.8 Å². The lowest BCUT2D eigenvalue weighted by atomic mass is 10.3. The Morgan fingerprint density at radius 2 is 2.32 bits per heavy atom. The van der Waals surface area contributed by atoms with Crippen molar-refractivity contribution in [2.75, 3.05) is 11.9 Å². The molecule has 19 heavy (non-hydrogen) atoms. The number of rotatable bonds is 5. The highest BCUT2D eigenvalue weighted by Gasteiger charge is 2.04. The molecule has 0 radical (unpaired) electrons. The van der Waals surface area contributed by atoms with Crippen molar-refractivity contribution < 1.29 is 0 Å². The molecule has 0 aliphatic heterocycles. The molecule has 0 aromatic carbocycles. The highest BCUT2D eigenvalue weighted by molar-refractivity contribution is 5.44. The summed E-state index contributed by atoms with van der Waals surface area (Å²) in [5, 5.41) is 7.66. The normalized spacial score (nSPS) is 11.0. The number of aromatic nitrogens is 5. The number of fused-ring (bicyclic) bond motifs is 1. The first-order valence-corrected chi connectivity index (χ1v) is 6.37. The molecule has 6 heteroatoms. The van der Waals surface area contributed by atoms with Gasteiger partial charge in [-0.1, -0.05) is 6.07 Å².